The Bertz CT molecular complexity index is 329. The van der Waals surface area contributed by atoms with Gasteiger partial charge in [-0.1, -0.05) is 6.07 Å². The molecule has 2 heterocycles. The summed E-state index contributed by atoms with van der Waals surface area (Å²) in [6, 6.07) is 3.83. The van der Waals surface area contributed by atoms with Gasteiger partial charge in [-0.05, 0) is 31.4 Å². The minimum Gasteiger partial charge on any atom is -0.393 e. The van der Waals surface area contributed by atoms with E-state index in [1.807, 2.05) is 12.1 Å². The number of piperidine rings is 1. The SMILES string of the molecule is C[C@@H](O)c1ccc(N2CCC(O)CC2)nc1. The zero-order valence-corrected chi connectivity index (χ0v) is 9.50. The zero-order chi connectivity index (χ0) is 11.5. The lowest BCUT2D eigenvalue weighted by Gasteiger charge is -2.30. The first-order valence-electron chi connectivity index (χ1n) is 5.74. The van der Waals surface area contributed by atoms with Crippen molar-refractivity contribution in [3.8, 4) is 0 Å². The highest BCUT2D eigenvalue weighted by atomic mass is 16.3. The summed E-state index contributed by atoms with van der Waals surface area (Å²) in [6.07, 6.45) is 2.70. The van der Waals surface area contributed by atoms with Crippen molar-refractivity contribution in [2.75, 3.05) is 18.0 Å². The van der Waals surface area contributed by atoms with E-state index in [4.69, 9.17) is 0 Å². The number of hydrogen-bond acceptors (Lipinski definition) is 4. The molecule has 16 heavy (non-hydrogen) atoms. The van der Waals surface area contributed by atoms with Crippen molar-refractivity contribution in [3.63, 3.8) is 0 Å². The fourth-order valence-corrected chi connectivity index (χ4v) is 1.93. The highest BCUT2D eigenvalue weighted by Gasteiger charge is 2.17. The molecule has 1 saturated heterocycles. The molecule has 0 amide bonds. The number of aliphatic hydroxyl groups excluding tert-OH is 2. The first-order chi connectivity index (χ1) is 7.66. The van der Waals surface area contributed by atoms with Gasteiger partial charge in [0, 0.05) is 19.3 Å². The van der Waals surface area contributed by atoms with Crippen molar-refractivity contribution in [1.82, 2.24) is 4.98 Å². The molecule has 4 nitrogen and oxygen atoms in total. The Morgan fingerprint density at radius 2 is 2.06 bits per heavy atom. The van der Waals surface area contributed by atoms with E-state index in [9.17, 15) is 10.2 Å². The predicted octanol–water partition coefficient (Wildman–Crippen LogP) is 1.10. The lowest BCUT2D eigenvalue weighted by Crippen LogP contribution is -2.36. The Morgan fingerprint density at radius 1 is 1.38 bits per heavy atom. The largest absolute Gasteiger partial charge is 0.393 e. The van der Waals surface area contributed by atoms with E-state index in [1.54, 1.807) is 13.1 Å². The van der Waals surface area contributed by atoms with Gasteiger partial charge in [0.05, 0.1) is 12.2 Å². The maximum atomic E-state index is 9.41. The molecule has 4 heteroatoms. The van der Waals surface area contributed by atoms with E-state index in [-0.39, 0.29) is 6.10 Å². The van der Waals surface area contributed by atoms with Gasteiger partial charge < -0.3 is 15.1 Å². The van der Waals surface area contributed by atoms with Gasteiger partial charge in [0.15, 0.2) is 0 Å². The van der Waals surface area contributed by atoms with Gasteiger partial charge in [0.1, 0.15) is 5.82 Å². The maximum absolute atomic E-state index is 9.41. The molecule has 88 valence electrons. The standard InChI is InChI=1S/C12H18N2O2/c1-9(15)10-2-3-12(13-8-10)14-6-4-11(16)5-7-14/h2-3,8-9,11,15-16H,4-7H2,1H3/t9-/m1/s1. The number of hydrogen-bond donors (Lipinski definition) is 2. The van der Waals surface area contributed by atoms with E-state index in [0.29, 0.717) is 0 Å². The van der Waals surface area contributed by atoms with E-state index in [2.05, 4.69) is 9.88 Å². The summed E-state index contributed by atoms with van der Waals surface area (Å²) >= 11 is 0. The van der Waals surface area contributed by atoms with Gasteiger partial charge in [0.25, 0.3) is 0 Å². The fraction of sp³-hybridized carbons (Fsp3) is 0.583. The predicted molar refractivity (Wildman–Crippen MR) is 62.3 cm³/mol. The minimum atomic E-state index is -0.468. The molecule has 1 atom stereocenters. The molecule has 0 aliphatic carbocycles. The second-order valence-electron chi connectivity index (χ2n) is 4.34. The molecule has 1 fully saturated rings. The van der Waals surface area contributed by atoms with Crippen LogP contribution < -0.4 is 4.90 Å². The van der Waals surface area contributed by atoms with Gasteiger partial charge in [-0.2, -0.15) is 0 Å². The summed E-state index contributed by atoms with van der Waals surface area (Å²) in [7, 11) is 0. The third kappa shape index (κ3) is 2.51. The summed E-state index contributed by atoms with van der Waals surface area (Å²) in [4.78, 5) is 6.50. The van der Waals surface area contributed by atoms with Crippen LogP contribution in [-0.2, 0) is 0 Å². The van der Waals surface area contributed by atoms with Gasteiger partial charge in [-0.15, -0.1) is 0 Å². The summed E-state index contributed by atoms with van der Waals surface area (Å²) in [5, 5.41) is 18.8. The Balaban J connectivity index is 2.04. The second kappa shape index (κ2) is 4.80. The first kappa shape index (κ1) is 11.4. The Morgan fingerprint density at radius 3 is 2.56 bits per heavy atom. The molecular weight excluding hydrogens is 204 g/mol. The van der Waals surface area contributed by atoms with Crippen molar-refractivity contribution in [3.05, 3.63) is 23.9 Å². The van der Waals surface area contributed by atoms with Crippen LogP contribution in [0.3, 0.4) is 0 Å². The van der Waals surface area contributed by atoms with Crippen LogP contribution in [0, 0.1) is 0 Å². The quantitative estimate of drug-likeness (QED) is 0.786. The number of aliphatic hydroxyl groups is 2. The minimum absolute atomic E-state index is 0.159. The number of nitrogens with zero attached hydrogens (tertiary/aromatic N) is 2. The molecular formula is C12H18N2O2. The van der Waals surface area contributed by atoms with Crippen LogP contribution in [-0.4, -0.2) is 34.4 Å². The third-order valence-electron chi connectivity index (χ3n) is 3.04. The van der Waals surface area contributed by atoms with Crippen molar-refractivity contribution in [2.45, 2.75) is 32.0 Å². The van der Waals surface area contributed by atoms with Crippen molar-refractivity contribution in [2.24, 2.45) is 0 Å². The molecule has 0 unspecified atom stereocenters. The summed E-state index contributed by atoms with van der Waals surface area (Å²) < 4.78 is 0. The highest BCUT2D eigenvalue weighted by Crippen LogP contribution is 2.19. The lowest BCUT2D eigenvalue weighted by molar-refractivity contribution is 0.145. The summed E-state index contributed by atoms with van der Waals surface area (Å²) in [5.74, 6) is 0.927. The number of pyridine rings is 1. The number of aromatic nitrogens is 1. The first-order valence-corrected chi connectivity index (χ1v) is 5.74. The molecule has 2 rings (SSSR count). The van der Waals surface area contributed by atoms with E-state index in [1.165, 1.54) is 0 Å². The van der Waals surface area contributed by atoms with Gasteiger partial charge in [-0.25, -0.2) is 4.98 Å². The average molecular weight is 222 g/mol. The van der Waals surface area contributed by atoms with Crippen molar-refractivity contribution < 1.29 is 10.2 Å². The topological polar surface area (TPSA) is 56.6 Å². The normalized spacial score (nSPS) is 19.8. The van der Waals surface area contributed by atoms with Crippen LogP contribution in [0.4, 0.5) is 5.82 Å². The van der Waals surface area contributed by atoms with Crippen LogP contribution in [0.2, 0.25) is 0 Å². The smallest absolute Gasteiger partial charge is 0.128 e. The van der Waals surface area contributed by atoms with Gasteiger partial charge in [0.2, 0.25) is 0 Å². The molecule has 1 aliphatic heterocycles. The van der Waals surface area contributed by atoms with Crippen LogP contribution in [0.5, 0.6) is 0 Å². The third-order valence-corrected chi connectivity index (χ3v) is 3.04. The molecule has 1 aliphatic rings. The molecule has 2 N–H and O–H groups in total. The Kier molecular flexibility index (Phi) is 3.41. The van der Waals surface area contributed by atoms with Crippen LogP contribution in [0.1, 0.15) is 31.4 Å². The molecule has 0 radical (unpaired) electrons. The van der Waals surface area contributed by atoms with Crippen LogP contribution >= 0.6 is 0 Å². The molecule has 0 bridgehead atoms. The van der Waals surface area contributed by atoms with Gasteiger partial charge in [-0.3, -0.25) is 0 Å². The maximum Gasteiger partial charge on any atom is 0.128 e. The van der Waals surface area contributed by atoms with Gasteiger partial charge >= 0.3 is 0 Å². The lowest BCUT2D eigenvalue weighted by atomic mass is 10.1. The van der Waals surface area contributed by atoms with E-state index < -0.39 is 6.10 Å². The highest BCUT2D eigenvalue weighted by molar-refractivity contribution is 5.40. The molecule has 0 aromatic carbocycles. The Labute approximate surface area is 95.5 Å². The fourth-order valence-electron chi connectivity index (χ4n) is 1.93. The summed E-state index contributed by atoms with van der Waals surface area (Å²) in [6.45, 7) is 3.43. The second-order valence-corrected chi connectivity index (χ2v) is 4.34. The number of rotatable bonds is 2. The Hall–Kier alpha value is -1.13. The number of anilines is 1. The van der Waals surface area contributed by atoms with E-state index >= 15 is 0 Å². The molecule has 1 aromatic rings. The van der Waals surface area contributed by atoms with Crippen molar-refractivity contribution >= 4 is 5.82 Å². The molecule has 1 aromatic heterocycles. The van der Waals surface area contributed by atoms with E-state index in [0.717, 1.165) is 37.3 Å². The molecule has 0 saturated carbocycles. The van der Waals surface area contributed by atoms with Crippen LogP contribution in [0.25, 0.3) is 0 Å². The molecule has 0 spiro atoms. The van der Waals surface area contributed by atoms with Crippen LogP contribution in [0.15, 0.2) is 18.3 Å². The zero-order valence-electron chi connectivity index (χ0n) is 9.50. The van der Waals surface area contributed by atoms with Crippen molar-refractivity contribution in [1.29, 1.82) is 0 Å². The monoisotopic (exact) mass is 222 g/mol. The average Bonchev–Trinajstić information content (AvgIpc) is 2.30. The summed E-state index contributed by atoms with van der Waals surface area (Å²) in [5.41, 5.74) is 0.834.